The summed E-state index contributed by atoms with van der Waals surface area (Å²) >= 11 is 0. The maximum absolute atomic E-state index is 12.4. The lowest BCUT2D eigenvalue weighted by molar-refractivity contribution is -0.135. The molecule has 4 aliphatic carbocycles. The van der Waals surface area contributed by atoms with Crippen molar-refractivity contribution >= 4 is 5.78 Å². The normalized spacial score (nSPS) is 50.4. The van der Waals surface area contributed by atoms with Gasteiger partial charge in [0.05, 0.1) is 6.07 Å². The van der Waals surface area contributed by atoms with Gasteiger partial charge in [-0.3, -0.25) is 4.79 Å². The van der Waals surface area contributed by atoms with Crippen LogP contribution in [-0.2, 0) is 4.79 Å². The first-order valence-electron chi connectivity index (χ1n) is 9.13. The maximum atomic E-state index is 12.4. The van der Waals surface area contributed by atoms with Gasteiger partial charge in [0.1, 0.15) is 5.78 Å². The molecule has 0 unspecified atom stereocenters. The van der Waals surface area contributed by atoms with Crippen LogP contribution in [0.4, 0.5) is 0 Å². The minimum atomic E-state index is -0.00726. The number of hydrogen-bond acceptors (Lipinski definition) is 2. The molecule has 0 N–H and O–H groups in total. The Bertz CT molecular complexity index is 585. The van der Waals surface area contributed by atoms with E-state index in [4.69, 9.17) is 0 Å². The molecular formula is C20H27NO. The summed E-state index contributed by atoms with van der Waals surface area (Å²) in [6, 6.07) is 2.39. The minimum Gasteiger partial charge on any atom is -0.299 e. The van der Waals surface area contributed by atoms with Crippen LogP contribution in [0, 0.1) is 45.8 Å². The number of nitrogens with zero attached hydrogens (tertiary/aromatic N) is 1. The highest BCUT2D eigenvalue weighted by Gasteiger charge is 2.59. The van der Waals surface area contributed by atoms with Crippen LogP contribution in [0.5, 0.6) is 0 Å². The van der Waals surface area contributed by atoms with Crippen LogP contribution in [0.3, 0.4) is 0 Å². The summed E-state index contributed by atoms with van der Waals surface area (Å²) < 4.78 is 0. The fourth-order valence-corrected chi connectivity index (χ4v) is 6.72. The van der Waals surface area contributed by atoms with E-state index in [1.807, 2.05) is 0 Å². The van der Waals surface area contributed by atoms with Crippen molar-refractivity contribution in [3.63, 3.8) is 0 Å². The van der Waals surface area contributed by atoms with Gasteiger partial charge >= 0.3 is 0 Å². The second-order valence-corrected chi connectivity index (χ2v) is 8.79. The predicted molar refractivity (Wildman–Crippen MR) is 85.8 cm³/mol. The molecule has 0 aromatic heterocycles. The summed E-state index contributed by atoms with van der Waals surface area (Å²) in [6.07, 6.45) is 11.2. The molecule has 2 heteroatoms. The van der Waals surface area contributed by atoms with Crippen molar-refractivity contribution in [1.82, 2.24) is 0 Å². The number of rotatable bonds is 0. The van der Waals surface area contributed by atoms with Gasteiger partial charge < -0.3 is 0 Å². The molecule has 0 heterocycles. The van der Waals surface area contributed by atoms with Gasteiger partial charge in [-0.2, -0.15) is 5.26 Å². The molecule has 6 atom stereocenters. The monoisotopic (exact) mass is 297 g/mol. The molecule has 0 amide bonds. The molecule has 3 fully saturated rings. The Labute approximate surface area is 134 Å². The lowest BCUT2D eigenvalue weighted by atomic mass is 9.46. The molecule has 0 aliphatic heterocycles. The number of carbonyl (C=O) groups excluding carboxylic acids is 1. The van der Waals surface area contributed by atoms with Crippen molar-refractivity contribution < 1.29 is 4.79 Å². The Morgan fingerprint density at radius 3 is 2.68 bits per heavy atom. The van der Waals surface area contributed by atoms with Gasteiger partial charge in [0, 0.05) is 17.4 Å². The third kappa shape index (κ3) is 1.75. The molecule has 118 valence electrons. The van der Waals surface area contributed by atoms with Crippen LogP contribution in [0.25, 0.3) is 0 Å². The summed E-state index contributed by atoms with van der Waals surface area (Å²) in [5.41, 5.74) is 1.38. The van der Waals surface area contributed by atoms with Crippen molar-refractivity contribution in [1.29, 1.82) is 5.26 Å². The molecule has 4 rings (SSSR count). The third-order valence-corrected chi connectivity index (χ3v) is 8.13. The molecule has 0 saturated heterocycles. The summed E-state index contributed by atoms with van der Waals surface area (Å²) in [5, 5.41) is 9.23. The van der Waals surface area contributed by atoms with Crippen molar-refractivity contribution in [2.45, 2.75) is 65.2 Å². The van der Waals surface area contributed by atoms with Gasteiger partial charge in [0.2, 0.25) is 0 Å². The lowest BCUT2D eigenvalue weighted by Gasteiger charge is -2.58. The number of nitriles is 1. The largest absolute Gasteiger partial charge is 0.299 e. The number of Topliss-reactive ketones (excluding diaryl/α,β-unsaturated/α-hetero) is 1. The molecule has 0 radical (unpaired) electrons. The number of hydrogen-bond donors (Lipinski definition) is 0. The zero-order chi connectivity index (χ0) is 15.5. The standard InChI is InChI=1S/C20H27NO/c1-19-9-7-13(12-21)11-14(19)3-4-15-16-5-6-18(22)20(16,2)10-8-17(15)19/h11,14-17H,3-10H2,1-2H3/t14-,15-,16+,17+,19-,20-/m0/s1. The highest BCUT2D eigenvalue weighted by molar-refractivity contribution is 5.87. The molecule has 0 aromatic rings. The summed E-state index contributed by atoms with van der Waals surface area (Å²) in [6.45, 7) is 4.74. The molecule has 22 heavy (non-hydrogen) atoms. The Balaban J connectivity index is 1.66. The van der Waals surface area contributed by atoms with E-state index in [1.54, 1.807) is 0 Å². The maximum Gasteiger partial charge on any atom is 0.139 e. The van der Waals surface area contributed by atoms with Crippen molar-refractivity contribution in [2.24, 2.45) is 34.5 Å². The number of ketones is 1. The number of fused-ring (bicyclic) bond motifs is 5. The molecule has 4 aliphatic rings. The van der Waals surface area contributed by atoms with Crippen LogP contribution < -0.4 is 0 Å². The molecule has 0 spiro atoms. The van der Waals surface area contributed by atoms with Crippen molar-refractivity contribution in [3.8, 4) is 6.07 Å². The quantitative estimate of drug-likeness (QED) is 0.652. The van der Waals surface area contributed by atoms with Gasteiger partial charge in [-0.1, -0.05) is 19.9 Å². The van der Waals surface area contributed by atoms with E-state index in [-0.39, 0.29) is 5.41 Å². The van der Waals surface area contributed by atoms with E-state index < -0.39 is 0 Å². The zero-order valence-electron chi connectivity index (χ0n) is 13.9. The number of carbonyl (C=O) groups is 1. The Hall–Kier alpha value is -1.10. The van der Waals surface area contributed by atoms with E-state index in [1.165, 1.54) is 25.7 Å². The van der Waals surface area contributed by atoms with Crippen molar-refractivity contribution in [3.05, 3.63) is 11.6 Å². The van der Waals surface area contributed by atoms with Gasteiger partial charge in [-0.25, -0.2) is 0 Å². The first-order valence-corrected chi connectivity index (χ1v) is 9.13. The lowest BCUT2D eigenvalue weighted by Crippen LogP contribution is -2.52. The Morgan fingerprint density at radius 2 is 1.91 bits per heavy atom. The van der Waals surface area contributed by atoms with Crippen molar-refractivity contribution in [2.75, 3.05) is 0 Å². The second kappa shape index (κ2) is 4.70. The third-order valence-electron chi connectivity index (χ3n) is 8.13. The molecule has 0 bridgehead atoms. The average molecular weight is 297 g/mol. The molecule has 3 saturated carbocycles. The highest BCUT2D eigenvalue weighted by Crippen LogP contribution is 2.64. The van der Waals surface area contributed by atoms with E-state index in [9.17, 15) is 10.1 Å². The fourth-order valence-electron chi connectivity index (χ4n) is 6.72. The zero-order valence-corrected chi connectivity index (χ0v) is 13.9. The van der Waals surface area contributed by atoms with Gasteiger partial charge in [0.15, 0.2) is 0 Å². The molecule has 2 nitrogen and oxygen atoms in total. The van der Waals surface area contributed by atoms with E-state index in [2.05, 4.69) is 26.0 Å². The average Bonchev–Trinajstić information content (AvgIpc) is 2.82. The van der Waals surface area contributed by atoms with Gasteiger partial charge in [-0.15, -0.1) is 0 Å². The molecular weight excluding hydrogens is 270 g/mol. The summed E-state index contributed by atoms with van der Waals surface area (Å²) in [4.78, 5) is 12.4. The smallest absolute Gasteiger partial charge is 0.139 e. The van der Waals surface area contributed by atoms with Crippen LogP contribution in [0.2, 0.25) is 0 Å². The van der Waals surface area contributed by atoms with E-state index in [0.717, 1.165) is 43.1 Å². The van der Waals surface area contributed by atoms with Crippen LogP contribution in [0.15, 0.2) is 11.6 Å². The first-order chi connectivity index (χ1) is 10.5. The highest BCUT2D eigenvalue weighted by atomic mass is 16.1. The van der Waals surface area contributed by atoms with Crippen LogP contribution in [-0.4, -0.2) is 5.78 Å². The summed E-state index contributed by atoms with van der Waals surface area (Å²) in [5.74, 6) is 3.30. The SMILES string of the molecule is C[C@]12CCC(C#N)=C[C@@H]1CC[C@@H]1[C@H]2CC[C@]2(C)C(=O)CC[C@H]12. The fraction of sp³-hybridized carbons (Fsp3) is 0.800. The topological polar surface area (TPSA) is 40.9 Å². The Morgan fingerprint density at radius 1 is 1.09 bits per heavy atom. The number of allylic oxidation sites excluding steroid dienone is 2. The van der Waals surface area contributed by atoms with E-state index in [0.29, 0.717) is 23.0 Å². The van der Waals surface area contributed by atoms with Gasteiger partial charge in [-0.05, 0) is 74.0 Å². The minimum absolute atomic E-state index is 0.00726. The second-order valence-electron chi connectivity index (χ2n) is 8.79. The van der Waals surface area contributed by atoms with Crippen LogP contribution >= 0.6 is 0 Å². The van der Waals surface area contributed by atoms with E-state index >= 15 is 0 Å². The summed E-state index contributed by atoms with van der Waals surface area (Å²) in [7, 11) is 0. The first kappa shape index (κ1) is 14.5. The molecule has 0 aromatic carbocycles. The van der Waals surface area contributed by atoms with Crippen LogP contribution in [0.1, 0.15) is 65.2 Å². The Kier molecular flexibility index (Phi) is 3.09. The predicted octanol–water partition coefficient (Wildman–Crippen LogP) is 4.66. The van der Waals surface area contributed by atoms with Gasteiger partial charge in [0.25, 0.3) is 0 Å².